The van der Waals surface area contributed by atoms with E-state index in [2.05, 4.69) is 31.0 Å². The SMILES string of the molecule is COC(=O)C(=O)Nc1nc2ccc(Br)cc2s1. The second-order valence-corrected chi connectivity index (χ2v) is 5.02. The van der Waals surface area contributed by atoms with Crippen molar-refractivity contribution in [2.45, 2.75) is 0 Å². The minimum Gasteiger partial charge on any atom is -0.462 e. The number of carbonyl (C=O) groups is 2. The van der Waals surface area contributed by atoms with Crippen LogP contribution >= 0.6 is 27.3 Å². The Morgan fingerprint density at radius 1 is 1.47 bits per heavy atom. The second kappa shape index (κ2) is 4.80. The molecule has 0 saturated heterocycles. The number of hydrogen-bond acceptors (Lipinski definition) is 5. The van der Waals surface area contributed by atoms with Gasteiger partial charge in [0.15, 0.2) is 5.13 Å². The van der Waals surface area contributed by atoms with E-state index in [0.717, 1.165) is 21.8 Å². The zero-order valence-electron chi connectivity index (χ0n) is 8.69. The minimum atomic E-state index is -0.939. The smallest absolute Gasteiger partial charge is 0.396 e. The van der Waals surface area contributed by atoms with Crippen LogP contribution in [0.25, 0.3) is 10.2 Å². The number of nitrogens with zero attached hydrogens (tertiary/aromatic N) is 1. The number of rotatable bonds is 1. The molecule has 0 radical (unpaired) electrons. The zero-order chi connectivity index (χ0) is 12.4. The van der Waals surface area contributed by atoms with Crippen molar-refractivity contribution in [1.29, 1.82) is 0 Å². The first-order valence-electron chi connectivity index (χ1n) is 4.55. The number of hydrogen-bond donors (Lipinski definition) is 1. The van der Waals surface area contributed by atoms with Gasteiger partial charge in [0.05, 0.1) is 17.3 Å². The molecule has 1 aromatic heterocycles. The first-order valence-corrected chi connectivity index (χ1v) is 6.16. The van der Waals surface area contributed by atoms with Gasteiger partial charge in [0.2, 0.25) is 0 Å². The summed E-state index contributed by atoms with van der Waals surface area (Å²) in [5.41, 5.74) is 0.762. The number of fused-ring (bicyclic) bond motifs is 1. The lowest BCUT2D eigenvalue weighted by molar-refractivity contribution is -0.150. The summed E-state index contributed by atoms with van der Waals surface area (Å²) >= 11 is 4.63. The number of ether oxygens (including phenoxy) is 1. The summed E-state index contributed by atoms with van der Waals surface area (Å²) in [6.07, 6.45) is 0. The molecule has 0 spiro atoms. The van der Waals surface area contributed by atoms with Crippen molar-refractivity contribution in [3.05, 3.63) is 22.7 Å². The number of methoxy groups -OCH3 is 1. The van der Waals surface area contributed by atoms with E-state index in [4.69, 9.17) is 0 Å². The minimum absolute atomic E-state index is 0.369. The molecule has 17 heavy (non-hydrogen) atoms. The zero-order valence-corrected chi connectivity index (χ0v) is 11.1. The van der Waals surface area contributed by atoms with Gasteiger partial charge >= 0.3 is 11.9 Å². The van der Waals surface area contributed by atoms with Gasteiger partial charge in [0.25, 0.3) is 0 Å². The summed E-state index contributed by atoms with van der Waals surface area (Å²) in [4.78, 5) is 26.3. The number of thiazole rings is 1. The largest absolute Gasteiger partial charge is 0.462 e. The summed E-state index contributed by atoms with van der Waals surface area (Å²) in [7, 11) is 1.15. The Bertz CT molecular complexity index is 596. The van der Waals surface area contributed by atoms with Crippen LogP contribution in [0, 0.1) is 0 Å². The molecule has 7 heteroatoms. The third kappa shape index (κ3) is 2.62. The number of aromatic nitrogens is 1. The molecule has 5 nitrogen and oxygen atoms in total. The normalized spacial score (nSPS) is 10.2. The molecule has 1 N–H and O–H groups in total. The molecule has 2 aromatic rings. The summed E-state index contributed by atoms with van der Waals surface area (Å²) in [5.74, 6) is -1.77. The van der Waals surface area contributed by atoms with Crippen LogP contribution in [0.2, 0.25) is 0 Å². The van der Waals surface area contributed by atoms with Crippen LogP contribution in [0.3, 0.4) is 0 Å². The molecule has 0 aliphatic carbocycles. The van der Waals surface area contributed by atoms with E-state index in [1.54, 1.807) is 0 Å². The van der Waals surface area contributed by atoms with Crippen molar-refractivity contribution in [3.8, 4) is 0 Å². The number of benzene rings is 1. The molecule has 0 fully saturated rings. The van der Waals surface area contributed by atoms with Gasteiger partial charge in [-0.2, -0.15) is 0 Å². The third-order valence-corrected chi connectivity index (χ3v) is 3.37. The van der Waals surface area contributed by atoms with Crippen LogP contribution in [0.5, 0.6) is 0 Å². The molecule has 2 rings (SSSR count). The van der Waals surface area contributed by atoms with E-state index in [1.165, 1.54) is 11.3 Å². The van der Waals surface area contributed by atoms with Gasteiger partial charge in [0.1, 0.15) is 0 Å². The molecule has 0 saturated carbocycles. The van der Waals surface area contributed by atoms with Crippen molar-refractivity contribution >= 4 is 54.5 Å². The molecule has 0 aliphatic rings. The third-order valence-electron chi connectivity index (χ3n) is 1.94. The molecule has 0 aliphatic heterocycles. The Balaban J connectivity index is 2.25. The fraction of sp³-hybridized carbons (Fsp3) is 0.100. The molecule has 0 unspecified atom stereocenters. The Morgan fingerprint density at radius 2 is 2.24 bits per heavy atom. The highest BCUT2D eigenvalue weighted by molar-refractivity contribution is 9.10. The molecule has 1 heterocycles. The maximum absolute atomic E-state index is 11.3. The standard InChI is InChI=1S/C10H7BrN2O3S/c1-16-9(15)8(14)13-10-12-6-3-2-5(11)4-7(6)17-10/h2-4H,1H3,(H,12,13,14). The highest BCUT2D eigenvalue weighted by atomic mass is 79.9. The van der Waals surface area contributed by atoms with Crippen LogP contribution in [0.4, 0.5) is 5.13 Å². The number of nitrogens with one attached hydrogen (secondary N) is 1. The van der Waals surface area contributed by atoms with Gasteiger partial charge in [0, 0.05) is 4.47 Å². The van der Waals surface area contributed by atoms with Crippen molar-refractivity contribution in [2.24, 2.45) is 0 Å². The first kappa shape index (κ1) is 12.0. The van der Waals surface area contributed by atoms with Gasteiger partial charge < -0.3 is 4.74 Å². The summed E-state index contributed by atoms with van der Waals surface area (Å²) in [6, 6.07) is 5.57. The maximum atomic E-state index is 11.3. The predicted octanol–water partition coefficient (Wildman–Crippen LogP) is 2.17. The molecule has 0 atom stereocenters. The lowest BCUT2D eigenvalue weighted by atomic mass is 10.3. The second-order valence-electron chi connectivity index (χ2n) is 3.08. The van der Waals surface area contributed by atoms with Gasteiger partial charge in [-0.15, -0.1) is 0 Å². The highest BCUT2D eigenvalue weighted by Crippen LogP contribution is 2.28. The number of esters is 1. The maximum Gasteiger partial charge on any atom is 0.396 e. The number of amides is 1. The Labute approximate surface area is 109 Å². The van der Waals surface area contributed by atoms with Crippen LogP contribution in [-0.4, -0.2) is 24.0 Å². The number of carbonyl (C=O) groups excluding carboxylic acids is 2. The lowest BCUT2D eigenvalue weighted by Crippen LogP contribution is -2.23. The van der Waals surface area contributed by atoms with Crippen molar-refractivity contribution in [3.63, 3.8) is 0 Å². The molecule has 1 aromatic carbocycles. The predicted molar refractivity (Wildman–Crippen MR) is 68.0 cm³/mol. The van der Waals surface area contributed by atoms with Crippen molar-refractivity contribution < 1.29 is 14.3 Å². The van der Waals surface area contributed by atoms with Gasteiger partial charge in [-0.3, -0.25) is 10.1 Å². The van der Waals surface area contributed by atoms with Crippen LogP contribution in [-0.2, 0) is 14.3 Å². The molecule has 88 valence electrons. The number of anilines is 1. The van der Waals surface area contributed by atoms with E-state index in [0.29, 0.717) is 5.13 Å². The Hall–Kier alpha value is -1.47. The van der Waals surface area contributed by atoms with E-state index in [-0.39, 0.29) is 0 Å². The van der Waals surface area contributed by atoms with Gasteiger partial charge in [-0.05, 0) is 18.2 Å². The lowest BCUT2D eigenvalue weighted by Gasteiger charge is -1.97. The number of halogens is 1. The molecule has 1 amide bonds. The van der Waals surface area contributed by atoms with E-state index in [1.807, 2.05) is 18.2 Å². The molecular weight excluding hydrogens is 308 g/mol. The Morgan fingerprint density at radius 3 is 2.94 bits per heavy atom. The quantitative estimate of drug-likeness (QED) is 0.647. The van der Waals surface area contributed by atoms with Gasteiger partial charge in [-0.1, -0.05) is 27.3 Å². The monoisotopic (exact) mass is 314 g/mol. The topological polar surface area (TPSA) is 68.3 Å². The summed E-state index contributed by atoms with van der Waals surface area (Å²) < 4.78 is 6.14. The molecular formula is C10H7BrN2O3S. The average Bonchev–Trinajstić information content (AvgIpc) is 2.69. The fourth-order valence-electron chi connectivity index (χ4n) is 1.19. The van der Waals surface area contributed by atoms with Crippen LogP contribution in [0.15, 0.2) is 22.7 Å². The van der Waals surface area contributed by atoms with Gasteiger partial charge in [-0.25, -0.2) is 9.78 Å². The molecule has 0 bridgehead atoms. The summed E-state index contributed by atoms with van der Waals surface area (Å²) in [5, 5.41) is 2.75. The summed E-state index contributed by atoms with van der Waals surface area (Å²) in [6.45, 7) is 0. The fourth-order valence-corrected chi connectivity index (χ4v) is 2.61. The first-order chi connectivity index (χ1) is 8.10. The Kier molecular flexibility index (Phi) is 3.39. The average molecular weight is 315 g/mol. The van der Waals surface area contributed by atoms with E-state index in [9.17, 15) is 9.59 Å². The van der Waals surface area contributed by atoms with Crippen LogP contribution in [0.1, 0.15) is 0 Å². The van der Waals surface area contributed by atoms with Crippen LogP contribution < -0.4 is 5.32 Å². The van der Waals surface area contributed by atoms with E-state index < -0.39 is 11.9 Å². The highest BCUT2D eigenvalue weighted by Gasteiger charge is 2.15. The van der Waals surface area contributed by atoms with Crippen molar-refractivity contribution in [1.82, 2.24) is 4.98 Å². The van der Waals surface area contributed by atoms with Crippen molar-refractivity contribution in [2.75, 3.05) is 12.4 Å². The van der Waals surface area contributed by atoms with E-state index >= 15 is 0 Å².